The van der Waals surface area contributed by atoms with Gasteiger partial charge in [-0.2, -0.15) is 0 Å². The van der Waals surface area contributed by atoms with Crippen LogP contribution in [0.25, 0.3) is 10.8 Å². The summed E-state index contributed by atoms with van der Waals surface area (Å²) >= 11 is 0. The van der Waals surface area contributed by atoms with Crippen LogP contribution in [0.1, 0.15) is 19.0 Å². The molecule has 3 aromatic rings. The smallest absolute Gasteiger partial charge is 0.0553 e. The Morgan fingerprint density at radius 2 is 2.10 bits per heavy atom. The molecule has 0 aliphatic carbocycles. The molecule has 0 unspecified atom stereocenters. The number of nitrogens with one attached hydrogen (secondary N) is 1. The number of hydrogen-bond acceptors (Lipinski definition) is 2. The fourth-order valence-electron chi connectivity index (χ4n) is 2.53. The highest BCUT2D eigenvalue weighted by atomic mass is 15.0. The summed E-state index contributed by atoms with van der Waals surface area (Å²) in [5.74, 6) is 0. The van der Waals surface area contributed by atoms with Gasteiger partial charge in [-0.25, -0.2) is 0 Å². The molecule has 2 heterocycles. The van der Waals surface area contributed by atoms with Crippen molar-refractivity contribution in [1.29, 1.82) is 0 Å². The molecule has 0 radical (unpaired) electrons. The van der Waals surface area contributed by atoms with E-state index in [0.717, 1.165) is 25.2 Å². The van der Waals surface area contributed by atoms with E-state index in [1.165, 1.54) is 16.5 Å². The zero-order valence-electron chi connectivity index (χ0n) is 11.7. The molecule has 3 nitrogen and oxygen atoms in total. The van der Waals surface area contributed by atoms with Gasteiger partial charge in [0.05, 0.1) is 6.54 Å². The van der Waals surface area contributed by atoms with Crippen molar-refractivity contribution < 1.29 is 0 Å². The predicted molar refractivity (Wildman–Crippen MR) is 83.8 cm³/mol. The normalized spacial score (nSPS) is 10.8. The molecule has 0 atom stereocenters. The maximum absolute atomic E-state index is 4.17. The van der Waals surface area contributed by atoms with E-state index in [9.17, 15) is 0 Å². The second-order valence-corrected chi connectivity index (χ2v) is 4.95. The highest BCUT2D eigenvalue weighted by Crippen LogP contribution is 2.22. The van der Waals surface area contributed by atoms with Crippen LogP contribution in [0, 0.1) is 0 Å². The number of rotatable bonds is 5. The topological polar surface area (TPSA) is 29.9 Å². The van der Waals surface area contributed by atoms with Crippen LogP contribution in [0.4, 0.5) is 5.69 Å². The second-order valence-electron chi connectivity index (χ2n) is 4.95. The zero-order valence-corrected chi connectivity index (χ0v) is 11.7. The van der Waals surface area contributed by atoms with E-state index in [2.05, 4.69) is 64.4 Å². The van der Waals surface area contributed by atoms with Crippen molar-refractivity contribution >= 4 is 16.5 Å². The third-order valence-corrected chi connectivity index (χ3v) is 3.53. The summed E-state index contributed by atoms with van der Waals surface area (Å²) in [6.07, 6.45) is 7.04. The molecule has 2 aromatic heterocycles. The van der Waals surface area contributed by atoms with Gasteiger partial charge in [-0.3, -0.25) is 4.98 Å². The number of aryl methyl sites for hydroxylation is 1. The molecule has 0 aliphatic rings. The van der Waals surface area contributed by atoms with Crippen LogP contribution < -0.4 is 5.32 Å². The third-order valence-electron chi connectivity index (χ3n) is 3.53. The molecule has 0 fully saturated rings. The molecule has 3 rings (SSSR count). The molecule has 0 saturated carbocycles. The Bertz CT molecular complexity index is 695. The van der Waals surface area contributed by atoms with E-state index >= 15 is 0 Å². The van der Waals surface area contributed by atoms with Crippen molar-refractivity contribution in [1.82, 2.24) is 9.55 Å². The van der Waals surface area contributed by atoms with Gasteiger partial charge in [-0.05, 0) is 30.7 Å². The lowest BCUT2D eigenvalue weighted by molar-refractivity contribution is 0.654. The van der Waals surface area contributed by atoms with Gasteiger partial charge in [0.2, 0.25) is 0 Å². The van der Waals surface area contributed by atoms with E-state index in [1.54, 1.807) is 0 Å². The molecule has 3 heteroatoms. The maximum Gasteiger partial charge on any atom is 0.0553 e. The SMILES string of the molecule is CCCn1cccc1CNc1cccc2cnccc12. The van der Waals surface area contributed by atoms with Gasteiger partial charge < -0.3 is 9.88 Å². The monoisotopic (exact) mass is 265 g/mol. The lowest BCUT2D eigenvalue weighted by Gasteiger charge is -2.12. The van der Waals surface area contributed by atoms with Crippen molar-refractivity contribution in [2.45, 2.75) is 26.4 Å². The lowest BCUT2D eigenvalue weighted by Crippen LogP contribution is -2.07. The minimum atomic E-state index is 0.842. The van der Waals surface area contributed by atoms with Gasteiger partial charge >= 0.3 is 0 Å². The molecule has 0 aliphatic heterocycles. The van der Waals surface area contributed by atoms with Crippen LogP contribution in [-0.4, -0.2) is 9.55 Å². The Kier molecular flexibility index (Phi) is 3.68. The number of anilines is 1. The van der Waals surface area contributed by atoms with Gasteiger partial charge in [-0.15, -0.1) is 0 Å². The summed E-state index contributed by atoms with van der Waals surface area (Å²) in [5.41, 5.74) is 2.48. The summed E-state index contributed by atoms with van der Waals surface area (Å²) in [6, 6.07) is 12.6. The quantitative estimate of drug-likeness (QED) is 0.754. The Hall–Kier alpha value is -2.29. The van der Waals surface area contributed by atoms with Gasteiger partial charge in [0.15, 0.2) is 0 Å². The number of aromatic nitrogens is 2. The van der Waals surface area contributed by atoms with E-state index < -0.39 is 0 Å². The third kappa shape index (κ3) is 2.52. The number of nitrogens with zero attached hydrogens (tertiary/aromatic N) is 2. The van der Waals surface area contributed by atoms with Crippen LogP contribution in [0.2, 0.25) is 0 Å². The first kappa shape index (κ1) is 12.7. The maximum atomic E-state index is 4.17. The molecule has 102 valence electrons. The zero-order chi connectivity index (χ0) is 13.8. The summed E-state index contributed by atoms with van der Waals surface area (Å²) in [7, 11) is 0. The highest BCUT2D eigenvalue weighted by Gasteiger charge is 2.03. The largest absolute Gasteiger partial charge is 0.379 e. The average Bonchev–Trinajstić information content (AvgIpc) is 2.93. The molecule has 1 N–H and O–H groups in total. The Labute approximate surface area is 119 Å². The van der Waals surface area contributed by atoms with Gasteiger partial charge in [-0.1, -0.05) is 19.1 Å². The Balaban J connectivity index is 1.81. The number of pyridine rings is 1. The predicted octanol–water partition coefficient (Wildman–Crippen LogP) is 4.06. The summed E-state index contributed by atoms with van der Waals surface area (Å²) < 4.78 is 2.31. The number of hydrogen-bond donors (Lipinski definition) is 1. The molecule has 0 amide bonds. The summed E-state index contributed by atoms with van der Waals surface area (Å²) in [5, 5.41) is 5.93. The first-order chi connectivity index (χ1) is 9.88. The van der Waals surface area contributed by atoms with Crippen molar-refractivity contribution in [2.24, 2.45) is 0 Å². The van der Waals surface area contributed by atoms with Crippen LogP contribution in [0.5, 0.6) is 0 Å². The van der Waals surface area contributed by atoms with Crippen LogP contribution in [0.15, 0.2) is 55.0 Å². The molecular formula is C17H19N3. The van der Waals surface area contributed by atoms with Crippen molar-refractivity contribution in [3.63, 3.8) is 0 Å². The first-order valence-corrected chi connectivity index (χ1v) is 7.09. The van der Waals surface area contributed by atoms with Crippen LogP contribution >= 0.6 is 0 Å². The molecule has 0 saturated heterocycles. The molecule has 20 heavy (non-hydrogen) atoms. The Morgan fingerprint density at radius 3 is 3.00 bits per heavy atom. The molecule has 1 aromatic carbocycles. The lowest BCUT2D eigenvalue weighted by atomic mass is 10.1. The molecule has 0 spiro atoms. The fourth-order valence-corrected chi connectivity index (χ4v) is 2.53. The van der Waals surface area contributed by atoms with Gasteiger partial charge in [0.25, 0.3) is 0 Å². The summed E-state index contributed by atoms with van der Waals surface area (Å²) in [4.78, 5) is 4.17. The van der Waals surface area contributed by atoms with E-state index in [1.807, 2.05) is 12.4 Å². The minimum absolute atomic E-state index is 0.842. The van der Waals surface area contributed by atoms with E-state index in [-0.39, 0.29) is 0 Å². The number of benzene rings is 1. The Morgan fingerprint density at radius 1 is 1.15 bits per heavy atom. The first-order valence-electron chi connectivity index (χ1n) is 7.09. The minimum Gasteiger partial charge on any atom is -0.379 e. The van der Waals surface area contributed by atoms with Crippen LogP contribution in [-0.2, 0) is 13.1 Å². The standard InChI is InChI=1S/C17H19N3/c1-2-10-20-11-4-6-15(20)13-19-17-7-3-5-14-12-18-9-8-16(14)17/h3-9,11-12,19H,2,10,13H2,1H3. The average molecular weight is 265 g/mol. The van der Waals surface area contributed by atoms with Crippen molar-refractivity contribution in [3.05, 3.63) is 60.7 Å². The highest BCUT2D eigenvalue weighted by molar-refractivity contribution is 5.93. The van der Waals surface area contributed by atoms with Crippen molar-refractivity contribution in [3.8, 4) is 0 Å². The van der Waals surface area contributed by atoms with E-state index in [0.29, 0.717) is 0 Å². The summed E-state index contributed by atoms with van der Waals surface area (Å²) in [6.45, 7) is 4.12. The van der Waals surface area contributed by atoms with E-state index in [4.69, 9.17) is 0 Å². The van der Waals surface area contributed by atoms with Gasteiger partial charge in [0.1, 0.15) is 0 Å². The van der Waals surface area contributed by atoms with Crippen LogP contribution in [0.3, 0.4) is 0 Å². The van der Waals surface area contributed by atoms with Crippen molar-refractivity contribution in [2.75, 3.05) is 5.32 Å². The fraction of sp³-hybridized carbons (Fsp3) is 0.235. The number of fused-ring (bicyclic) bond motifs is 1. The molecule has 0 bridgehead atoms. The molecular weight excluding hydrogens is 246 g/mol. The van der Waals surface area contributed by atoms with Gasteiger partial charge in [0, 0.05) is 47.3 Å². The second kappa shape index (κ2) is 5.78.